The molecule has 30 heavy (non-hydrogen) atoms. The highest BCUT2D eigenvalue weighted by Crippen LogP contribution is 2.29. The van der Waals surface area contributed by atoms with Gasteiger partial charge in [-0.15, -0.1) is 0 Å². The first kappa shape index (κ1) is 22.2. The van der Waals surface area contributed by atoms with Gasteiger partial charge in [0.15, 0.2) is 0 Å². The summed E-state index contributed by atoms with van der Waals surface area (Å²) in [5.74, 6) is -0.506. The molecule has 6 nitrogen and oxygen atoms in total. The van der Waals surface area contributed by atoms with Gasteiger partial charge in [-0.3, -0.25) is 4.79 Å². The highest BCUT2D eigenvalue weighted by molar-refractivity contribution is 7.89. The first-order valence-electron chi connectivity index (χ1n) is 10.0. The zero-order valence-electron chi connectivity index (χ0n) is 17.2. The Labute approximate surface area is 176 Å². The fraction of sp³-hybridized carbons (Fsp3) is 0.409. The van der Waals surface area contributed by atoms with Crippen molar-refractivity contribution in [2.45, 2.75) is 50.1 Å². The lowest BCUT2D eigenvalue weighted by Gasteiger charge is -2.29. The second-order valence-corrected chi connectivity index (χ2v) is 9.31. The molecule has 1 fully saturated rings. The van der Waals surface area contributed by atoms with Crippen LogP contribution < -0.4 is 14.8 Å². The second kappa shape index (κ2) is 9.57. The maximum Gasteiger partial charge on any atom is 0.251 e. The van der Waals surface area contributed by atoms with E-state index in [1.165, 1.54) is 31.4 Å². The third kappa shape index (κ3) is 5.17. The maximum atomic E-state index is 13.8. The van der Waals surface area contributed by atoms with Crippen LogP contribution in [0.15, 0.2) is 47.4 Å². The van der Waals surface area contributed by atoms with Crippen molar-refractivity contribution in [1.82, 2.24) is 10.0 Å². The number of ether oxygens (including phenoxy) is 1. The van der Waals surface area contributed by atoms with Gasteiger partial charge in [-0.05, 0) is 43.0 Å². The average Bonchev–Trinajstić information content (AvgIpc) is 2.74. The normalized spacial score (nSPS) is 19.3. The molecule has 1 aliphatic rings. The SMILES string of the molecule is COc1ccc(C(=O)NCc2ccccc2F)cc1S(=O)(=O)NC1CCCCC1C. The Morgan fingerprint density at radius 1 is 1.17 bits per heavy atom. The number of hydrogen-bond donors (Lipinski definition) is 2. The average molecular weight is 435 g/mol. The predicted molar refractivity (Wildman–Crippen MR) is 112 cm³/mol. The van der Waals surface area contributed by atoms with Gasteiger partial charge in [0, 0.05) is 23.7 Å². The molecule has 0 heterocycles. The molecule has 1 amide bonds. The topological polar surface area (TPSA) is 84.5 Å². The van der Waals surface area contributed by atoms with Crippen molar-refractivity contribution in [3.63, 3.8) is 0 Å². The molecule has 0 spiro atoms. The number of carbonyl (C=O) groups is 1. The Kier molecular flexibility index (Phi) is 7.10. The van der Waals surface area contributed by atoms with Gasteiger partial charge in [0.05, 0.1) is 7.11 Å². The second-order valence-electron chi connectivity index (χ2n) is 7.63. The first-order chi connectivity index (χ1) is 14.3. The van der Waals surface area contributed by atoms with Crippen LogP contribution in [0.3, 0.4) is 0 Å². The molecule has 8 heteroatoms. The van der Waals surface area contributed by atoms with Gasteiger partial charge < -0.3 is 10.1 Å². The molecule has 162 valence electrons. The van der Waals surface area contributed by atoms with Gasteiger partial charge >= 0.3 is 0 Å². The Bertz CT molecular complexity index is 1010. The number of hydrogen-bond acceptors (Lipinski definition) is 4. The smallest absolute Gasteiger partial charge is 0.251 e. The summed E-state index contributed by atoms with van der Waals surface area (Å²) in [6, 6.07) is 10.2. The first-order valence-corrected chi connectivity index (χ1v) is 11.5. The number of amides is 1. The number of methoxy groups -OCH3 is 1. The molecule has 2 atom stereocenters. The number of sulfonamides is 1. The Balaban J connectivity index is 1.80. The minimum atomic E-state index is -3.88. The molecule has 0 aliphatic heterocycles. The Hall–Kier alpha value is -2.45. The van der Waals surface area contributed by atoms with Crippen LogP contribution in [-0.2, 0) is 16.6 Å². The summed E-state index contributed by atoms with van der Waals surface area (Å²) in [6.45, 7) is 2.04. The van der Waals surface area contributed by atoms with E-state index in [-0.39, 0.29) is 34.7 Å². The highest BCUT2D eigenvalue weighted by atomic mass is 32.2. The number of carbonyl (C=O) groups excluding carboxylic acids is 1. The van der Waals surface area contributed by atoms with Crippen molar-refractivity contribution in [3.8, 4) is 5.75 Å². The lowest BCUT2D eigenvalue weighted by Crippen LogP contribution is -2.41. The lowest BCUT2D eigenvalue weighted by molar-refractivity contribution is 0.0950. The molecule has 1 aliphatic carbocycles. The standard InChI is InChI=1S/C22H27FN2O4S/c1-15-7-3-6-10-19(15)25-30(27,28)21-13-16(11-12-20(21)29-2)22(26)24-14-17-8-4-5-9-18(17)23/h4-5,8-9,11-13,15,19,25H,3,6-7,10,14H2,1-2H3,(H,24,26). The lowest BCUT2D eigenvalue weighted by atomic mass is 9.87. The molecule has 2 aromatic carbocycles. The quantitative estimate of drug-likeness (QED) is 0.697. The molecule has 2 aromatic rings. The van der Waals surface area contributed by atoms with Crippen molar-refractivity contribution in [1.29, 1.82) is 0 Å². The minimum absolute atomic E-state index is 0.00252. The fourth-order valence-electron chi connectivity index (χ4n) is 3.70. The Morgan fingerprint density at radius 3 is 2.60 bits per heavy atom. The van der Waals surface area contributed by atoms with Crippen LogP contribution in [0, 0.1) is 11.7 Å². The van der Waals surface area contributed by atoms with E-state index >= 15 is 0 Å². The summed E-state index contributed by atoms with van der Waals surface area (Å²) in [4.78, 5) is 12.5. The van der Waals surface area contributed by atoms with Crippen molar-refractivity contribution in [2.75, 3.05) is 7.11 Å². The predicted octanol–water partition coefficient (Wildman–Crippen LogP) is 3.62. The van der Waals surface area contributed by atoms with E-state index in [0.717, 1.165) is 25.7 Å². The van der Waals surface area contributed by atoms with Crippen molar-refractivity contribution in [2.24, 2.45) is 5.92 Å². The number of rotatable bonds is 7. The van der Waals surface area contributed by atoms with Crippen LogP contribution in [0.1, 0.15) is 48.5 Å². The molecule has 1 saturated carbocycles. The molecule has 0 bridgehead atoms. The van der Waals surface area contributed by atoms with Gasteiger partial charge in [-0.1, -0.05) is 38.0 Å². The zero-order valence-corrected chi connectivity index (χ0v) is 18.0. The van der Waals surface area contributed by atoms with E-state index in [0.29, 0.717) is 5.56 Å². The van der Waals surface area contributed by atoms with E-state index < -0.39 is 21.7 Å². The molecular formula is C22H27FN2O4S. The van der Waals surface area contributed by atoms with E-state index in [2.05, 4.69) is 10.0 Å². The Morgan fingerprint density at radius 2 is 1.90 bits per heavy atom. The largest absolute Gasteiger partial charge is 0.495 e. The molecule has 0 saturated heterocycles. The van der Waals surface area contributed by atoms with Crippen LogP contribution in [-0.4, -0.2) is 27.5 Å². The van der Waals surface area contributed by atoms with Gasteiger partial charge in [0.2, 0.25) is 10.0 Å². The van der Waals surface area contributed by atoms with Crippen molar-refractivity contribution in [3.05, 3.63) is 59.4 Å². The van der Waals surface area contributed by atoms with Crippen LogP contribution in [0.2, 0.25) is 0 Å². The maximum absolute atomic E-state index is 13.8. The van der Waals surface area contributed by atoms with E-state index in [1.54, 1.807) is 18.2 Å². The highest BCUT2D eigenvalue weighted by Gasteiger charge is 2.29. The molecule has 0 aromatic heterocycles. The van der Waals surface area contributed by atoms with Crippen LogP contribution >= 0.6 is 0 Å². The molecular weight excluding hydrogens is 407 g/mol. The van der Waals surface area contributed by atoms with Gasteiger partial charge in [0.1, 0.15) is 16.5 Å². The van der Waals surface area contributed by atoms with Crippen LogP contribution in [0.25, 0.3) is 0 Å². The van der Waals surface area contributed by atoms with Gasteiger partial charge in [-0.2, -0.15) is 0 Å². The van der Waals surface area contributed by atoms with Gasteiger partial charge in [-0.25, -0.2) is 17.5 Å². The van der Waals surface area contributed by atoms with Crippen LogP contribution in [0.4, 0.5) is 4.39 Å². The third-order valence-electron chi connectivity index (χ3n) is 5.53. The summed E-state index contributed by atoms with van der Waals surface area (Å²) in [6.07, 6.45) is 3.84. The van der Waals surface area contributed by atoms with E-state index in [1.807, 2.05) is 6.92 Å². The fourth-order valence-corrected chi connectivity index (χ4v) is 5.28. The molecule has 3 rings (SSSR count). The summed E-state index contributed by atoms with van der Waals surface area (Å²) < 4.78 is 47.9. The number of halogens is 1. The van der Waals surface area contributed by atoms with Crippen molar-refractivity contribution >= 4 is 15.9 Å². The summed E-state index contributed by atoms with van der Waals surface area (Å²) in [7, 11) is -2.50. The number of benzene rings is 2. The van der Waals surface area contributed by atoms with Crippen molar-refractivity contribution < 1.29 is 22.3 Å². The molecule has 2 unspecified atom stereocenters. The van der Waals surface area contributed by atoms with Crippen LogP contribution in [0.5, 0.6) is 5.75 Å². The van der Waals surface area contributed by atoms with Gasteiger partial charge in [0.25, 0.3) is 5.91 Å². The zero-order chi connectivity index (χ0) is 21.7. The number of nitrogens with one attached hydrogen (secondary N) is 2. The summed E-state index contributed by atoms with van der Waals surface area (Å²) in [5, 5.41) is 2.63. The molecule has 2 N–H and O–H groups in total. The summed E-state index contributed by atoms with van der Waals surface area (Å²) >= 11 is 0. The molecule has 0 radical (unpaired) electrons. The van der Waals surface area contributed by atoms with E-state index in [4.69, 9.17) is 4.74 Å². The summed E-state index contributed by atoms with van der Waals surface area (Å²) in [5.41, 5.74) is 0.504. The minimum Gasteiger partial charge on any atom is -0.495 e. The third-order valence-corrected chi connectivity index (χ3v) is 7.04. The van der Waals surface area contributed by atoms with E-state index in [9.17, 15) is 17.6 Å². The monoisotopic (exact) mass is 434 g/mol.